The van der Waals surface area contributed by atoms with E-state index < -0.39 is 10.9 Å². The van der Waals surface area contributed by atoms with Crippen molar-refractivity contribution in [2.24, 2.45) is 0 Å². The van der Waals surface area contributed by atoms with Crippen LogP contribution in [0.2, 0.25) is 0 Å². The fourth-order valence-corrected chi connectivity index (χ4v) is 3.75. The normalized spacial score (nSPS) is 17.6. The van der Waals surface area contributed by atoms with Crippen LogP contribution < -0.4 is 15.0 Å². The van der Waals surface area contributed by atoms with E-state index in [2.05, 4.69) is 21.2 Å². The molecule has 9 heteroatoms. The van der Waals surface area contributed by atoms with Crippen molar-refractivity contribution in [1.82, 2.24) is 10.2 Å². The second-order valence-electron chi connectivity index (χ2n) is 7.37. The average molecular weight is 416 g/mol. The minimum Gasteiger partial charge on any atom is -0.495 e. The molecule has 30 heavy (non-hydrogen) atoms. The molecule has 0 unspecified atom stereocenters. The Labute approximate surface area is 176 Å². The second kappa shape index (κ2) is 9.62. The van der Waals surface area contributed by atoms with E-state index in [4.69, 9.17) is 9.47 Å². The molecule has 0 radical (unpaired) electrons. The van der Waals surface area contributed by atoms with E-state index in [0.717, 1.165) is 37.6 Å². The number of methoxy groups -OCH3 is 1. The second-order valence-corrected chi connectivity index (χ2v) is 7.37. The molecule has 162 valence electrons. The predicted octanol–water partition coefficient (Wildman–Crippen LogP) is 2.14. The van der Waals surface area contributed by atoms with Gasteiger partial charge < -0.3 is 19.7 Å². The summed E-state index contributed by atoms with van der Waals surface area (Å²) in [6.45, 7) is 7.67. The van der Waals surface area contributed by atoms with Gasteiger partial charge in [-0.05, 0) is 26.0 Å². The number of allylic oxidation sites excluding steroid dienone is 3. The quantitative estimate of drug-likeness (QED) is 0.410. The zero-order valence-corrected chi connectivity index (χ0v) is 17.6. The Morgan fingerprint density at radius 2 is 1.87 bits per heavy atom. The van der Waals surface area contributed by atoms with Crippen LogP contribution in [0, 0.1) is 10.1 Å². The number of benzene rings is 1. The lowest BCUT2D eigenvalue weighted by atomic mass is 10.0. The molecular formula is C21H28N4O5. The fraction of sp³-hybridized carbons (Fsp3) is 0.476. The number of para-hydroxylation sites is 2. The summed E-state index contributed by atoms with van der Waals surface area (Å²) in [6.07, 6.45) is -0.0198. The van der Waals surface area contributed by atoms with Gasteiger partial charge in [0.1, 0.15) is 12.4 Å². The molecule has 0 saturated carbocycles. The molecule has 1 aromatic rings. The molecule has 1 aromatic carbocycles. The molecule has 9 nitrogen and oxygen atoms in total. The Kier molecular flexibility index (Phi) is 6.94. The first-order chi connectivity index (χ1) is 14.4. The summed E-state index contributed by atoms with van der Waals surface area (Å²) in [5.74, 6) is 0.363. The van der Waals surface area contributed by atoms with Gasteiger partial charge in [0, 0.05) is 38.4 Å². The summed E-state index contributed by atoms with van der Waals surface area (Å²) in [6, 6.07) is 7.97. The van der Waals surface area contributed by atoms with E-state index in [-0.39, 0.29) is 18.7 Å². The van der Waals surface area contributed by atoms with Crippen molar-refractivity contribution in [3.05, 3.63) is 57.0 Å². The molecule has 2 heterocycles. The zero-order chi connectivity index (χ0) is 21.7. The molecule has 2 aliphatic rings. The number of hydrogen-bond donors (Lipinski definition) is 1. The van der Waals surface area contributed by atoms with Crippen molar-refractivity contribution in [2.45, 2.75) is 20.3 Å². The number of nitrogens with one attached hydrogen (secondary N) is 1. The van der Waals surface area contributed by atoms with Crippen molar-refractivity contribution >= 4 is 11.7 Å². The van der Waals surface area contributed by atoms with E-state index in [1.54, 1.807) is 21.0 Å². The minimum absolute atomic E-state index is 0.0000111. The fourth-order valence-electron chi connectivity index (χ4n) is 3.75. The summed E-state index contributed by atoms with van der Waals surface area (Å²) in [4.78, 5) is 27.6. The Balaban J connectivity index is 1.46. The molecule has 0 aliphatic carbocycles. The number of hydrogen-bond acceptors (Lipinski definition) is 8. The van der Waals surface area contributed by atoms with Crippen LogP contribution in [-0.4, -0.2) is 62.2 Å². The highest BCUT2D eigenvalue weighted by molar-refractivity contribution is 5.90. The summed E-state index contributed by atoms with van der Waals surface area (Å²) in [5.41, 5.74) is 2.46. The Hall–Kier alpha value is -3.07. The van der Waals surface area contributed by atoms with E-state index in [0.29, 0.717) is 23.5 Å². The molecule has 0 amide bonds. The van der Waals surface area contributed by atoms with Gasteiger partial charge in [-0.2, -0.15) is 0 Å². The van der Waals surface area contributed by atoms with Crippen LogP contribution in [0.3, 0.4) is 0 Å². The van der Waals surface area contributed by atoms with Gasteiger partial charge in [0.15, 0.2) is 0 Å². The van der Waals surface area contributed by atoms with Gasteiger partial charge in [-0.25, -0.2) is 4.79 Å². The zero-order valence-electron chi connectivity index (χ0n) is 17.6. The molecule has 0 spiro atoms. The van der Waals surface area contributed by atoms with Crippen LogP contribution in [0.25, 0.3) is 0 Å². The maximum Gasteiger partial charge on any atom is 0.336 e. The SMILES string of the molecule is COc1ccccc1N1CCN(CCOC(=O)C2=C(C)NC(C)=C([N+](=O)[O-])C2)CC1. The smallest absolute Gasteiger partial charge is 0.336 e. The first kappa shape index (κ1) is 21.6. The van der Waals surface area contributed by atoms with Gasteiger partial charge in [0.05, 0.1) is 35.4 Å². The third kappa shape index (κ3) is 4.91. The number of anilines is 1. The summed E-state index contributed by atoms with van der Waals surface area (Å²) in [7, 11) is 1.67. The molecule has 0 bridgehead atoms. The monoisotopic (exact) mass is 416 g/mol. The van der Waals surface area contributed by atoms with Crippen LogP contribution in [0.1, 0.15) is 20.3 Å². The van der Waals surface area contributed by atoms with Gasteiger partial charge in [0.25, 0.3) is 5.70 Å². The van der Waals surface area contributed by atoms with Gasteiger partial charge in [-0.3, -0.25) is 15.0 Å². The summed E-state index contributed by atoms with van der Waals surface area (Å²) < 4.78 is 10.9. The Morgan fingerprint density at radius 3 is 2.53 bits per heavy atom. The van der Waals surface area contributed by atoms with Crippen molar-refractivity contribution < 1.29 is 19.2 Å². The van der Waals surface area contributed by atoms with Crippen molar-refractivity contribution in [3.63, 3.8) is 0 Å². The number of esters is 1. The van der Waals surface area contributed by atoms with Crippen LogP contribution in [0.5, 0.6) is 5.75 Å². The first-order valence-corrected chi connectivity index (χ1v) is 9.99. The topological polar surface area (TPSA) is 97.2 Å². The highest BCUT2D eigenvalue weighted by Gasteiger charge is 2.29. The first-order valence-electron chi connectivity index (χ1n) is 9.99. The van der Waals surface area contributed by atoms with Gasteiger partial charge in [-0.15, -0.1) is 0 Å². The highest BCUT2D eigenvalue weighted by atomic mass is 16.6. The number of ether oxygens (including phenoxy) is 2. The Bertz CT molecular complexity index is 872. The summed E-state index contributed by atoms with van der Waals surface area (Å²) in [5, 5.41) is 14.0. The number of dihydropyridines is 1. The molecule has 0 aromatic heterocycles. The van der Waals surface area contributed by atoms with Gasteiger partial charge in [-0.1, -0.05) is 12.1 Å². The molecule has 1 fully saturated rings. The lowest BCUT2D eigenvalue weighted by molar-refractivity contribution is -0.428. The van der Waals surface area contributed by atoms with Crippen LogP contribution in [0.4, 0.5) is 5.69 Å². The van der Waals surface area contributed by atoms with Crippen molar-refractivity contribution in [2.75, 3.05) is 51.3 Å². The molecule has 2 aliphatic heterocycles. The van der Waals surface area contributed by atoms with E-state index >= 15 is 0 Å². The highest BCUT2D eigenvalue weighted by Crippen LogP contribution is 2.28. The number of carbonyl (C=O) groups excluding carboxylic acids is 1. The molecule has 3 rings (SSSR count). The average Bonchev–Trinajstić information content (AvgIpc) is 2.74. The van der Waals surface area contributed by atoms with E-state index in [1.165, 1.54) is 0 Å². The maximum atomic E-state index is 12.4. The van der Waals surface area contributed by atoms with Crippen molar-refractivity contribution in [3.8, 4) is 5.75 Å². The van der Waals surface area contributed by atoms with Crippen LogP contribution >= 0.6 is 0 Å². The van der Waals surface area contributed by atoms with Crippen LogP contribution in [-0.2, 0) is 9.53 Å². The van der Waals surface area contributed by atoms with Gasteiger partial charge in [0.2, 0.25) is 0 Å². The number of piperazine rings is 1. The molecule has 0 atom stereocenters. The third-order valence-corrected chi connectivity index (χ3v) is 5.51. The standard InChI is InChI=1S/C21H28N4O5/c1-15-17(14-19(25(27)28)16(2)22-15)21(26)30-13-12-23-8-10-24(11-9-23)18-6-4-5-7-20(18)29-3/h4-7,22H,8-14H2,1-3H3. The molecule has 1 N–H and O–H groups in total. The lowest BCUT2D eigenvalue weighted by Crippen LogP contribution is -2.47. The summed E-state index contributed by atoms with van der Waals surface area (Å²) >= 11 is 0. The number of rotatable bonds is 7. The number of nitro groups is 1. The maximum absolute atomic E-state index is 12.4. The lowest BCUT2D eigenvalue weighted by Gasteiger charge is -2.36. The molecule has 1 saturated heterocycles. The number of carbonyl (C=O) groups is 1. The molecular weight excluding hydrogens is 388 g/mol. The Morgan fingerprint density at radius 1 is 1.17 bits per heavy atom. The van der Waals surface area contributed by atoms with E-state index in [1.807, 2.05) is 18.2 Å². The van der Waals surface area contributed by atoms with Crippen LogP contribution in [0.15, 0.2) is 46.9 Å². The van der Waals surface area contributed by atoms with Crippen molar-refractivity contribution in [1.29, 1.82) is 0 Å². The number of nitrogens with zero attached hydrogens (tertiary/aromatic N) is 3. The third-order valence-electron chi connectivity index (χ3n) is 5.51. The van der Waals surface area contributed by atoms with Gasteiger partial charge >= 0.3 is 5.97 Å². The van der Waals surface area contributed by atoms with E-state index in [9.17, 15) is 14.9 Å². The largest absolute Gasteiger partial charge is 0.495 e. The predicted molar refractivity (Wildman–Crippen MR) is 113 cm³/mol. The minimum atomic E-state index is -0.500.